The number of alkyl halides is 1. The SMILES string of the molecule is Cc1c(C)c2c(c(C)c1OCc1ccc(CBr)cc1)CC[C@@](C)(CCC[C@H](C)CCC[C@H](C)CCCC(C)C)O2. The minimum atomic E-state index is -0.0686. The molecule has 40 heavy (non-hydrogen) atoms. The van der Waals surface area contributed by atoms with Crippen LogP contribution in [0.3, 0.4) is 0 Å². The van der Waals surface area contributed by atoms with Crippen molar-refractivity contribution in [3.8, 4) is 11.5 Å². The molecule has 0 amide bonds. The Balaban J connectivity index is 1.49. The molecule has 0 aliphatic carbocycles. The molecule has 2 nitrogen and oxygen atoms in total. The van der Waals surface area contributed by atoms with E-state index in [0.29, 0.717) is 6.61 Å². The molecule has 0 bridgehead atoms. The van der Waals surface area contributed by atoms with Gasteiger partial charge >= 0.3 is 0 Å². The molecule has 1 aliphatic heterocycles. The van der Waals surface area contributed by atoms with E-state index >= 15 is 0 Å². The molecule has 1 heterocycles. The first-order valence-electron chi connectivity index (χ1n) is 16.1. The average Bonchev–Trinajstić information content (AvgIpc) is 2.91. The van der Waals surface area contributed by atoms with Crippen LogP contribution < -0.4 is 9.47 Å². The van der Waals surface area contributed by atoms with Gasteiger partial charge in [-0.05, 0) is 98.9 Å². The summed E-state index contributed by atoms with van der Waals surface area (Å²) in [7, 11) is 0. The van der Waals surface area contributed by atoms with Gasteiger partial charge in [0.15, 0.2) is 0 Å². The van der Waals surface area contributed by atoms with Crippen LogP contribution in [0.25, 0.3) is 0 Å². The maximum atomic E-state index is 6.84. The fourth-order valence-electron chi connectivity index (χ4n) is 6.36. The number of hydrogen-bond donors (Lipinski definition) is 0. The predicted octanol–water partition coefficient (Wildman–Crippen LogP) is 11.6. The number of rotatable bonds is 16. The molecule has 0 spiro atoms. The van der Waals surface area contributed by atoms with E-state index in [-0.39, 0.29) is 5.60 Å². The lowest BCUT2D eigenvalue weighted by molar-refractivity contribution is 0.0511. The Bertz CT molecular complexity index is 1060. The van der Waals surface area contributed by atoms with Crippen LogP contribution in [-0.2, 0) is 18.4 Å². The topological polar surface area (TPSA) is 18.5 Å². The van der Waals surface area contributed by atoms with Crippen LogP contribution in [0.5, 0.6) is 11.5 Å². The first-order valence-corrected chi connectivity index (χ1v) is 17.2. The molecule has 0 aromatic heterocycles. The minimum Gasteiger partial charge on any atom is -0.488 e. The maximum Gasteiger partial charge on any atom is 0.127 e. The van der Waals surface area contributed by atoms with Crippen LogP contribution in [0, 0.1) is 38.5 Å². The third-order valence-electron chi connectivity index (χ3n) is 9.40. The van der Waals surface area contributed by atoms with Gasteiger partial charge in [0, 0.05) is 10.9 Å². The van der Waals surface area contributed by atoms with Crippen molar-refractivity contribution in [2.45, 2.75) is 144 Å². The molecule has 3 rings (SSSR count). The van der Waals surface area contributed by atoms with Crippen LogP contribution >= 0.6 is 15.9 Å². The highest BCUT2D eigenvalue weighted by Gasteiger charge is 2.34. The van der Waals surface area contributed by atoms with Gasteiger partial charge in [-0.2, -0.15) is 0 Å². The van der Waals surface area contributed by atoms with E-state index in [9.17, 15) is 0 Å². The number of fused-ring (bicyclic) bond motifs is 1. The Labute approximate surface area is 255 Å². The molecule has 0 saturated carbocycles. The molecule has 0 N–H and O–H groups in total. The molecule has 0 radical (unpaired) electrons. The summed E-state index contributed by atoms with van der Waals surface area (Å²) in [6, 6.07) is 8.66. The molecule has 3 atom stereocenters. The van der Waals surface area contributed by atoms with E-state index in [1.54, 1.807) is 0 Å². The Morgan fingerprint density at radius 3 is 1.98 bits per heavy atom. The summed E-state index contributed by atoms with van der Waals surface area (Å²) in [5.41, 5.74) is 7.48. The highest BCUT2D eigenvalue weighted by atomic mass is 79.9. The van der Waals surface area contributed by atoms with E-state index in [1.165, 1.54) is 84.7 Å². The first-order chi connectivity index (χ1) is 19.0. The van der Waals surface area contributed by atoms with Gasteiger partial charge in [-0.15, -0.1) is 0 Å². The molecule has 1 aliphatic rings. The van der Waals surface area contributed by atoms with Gasteiger partial charge in [0.1, 0.15) is 23.7 Å². The Morgan fingerprint density at radius 1 is 0.800 bits per heavy atom. The number of ether oxygens (including phenoxy) is 2. The summed E-state index contributed by atoms with van der Waals surface area (Å²) < 4.78 is 13.3. The molecular formula is C37H57BrO2. The monoisotopic (exact) mass is 612 g/mol. The van der Waals surface area contributed by atoms with Crippen LogP contribution in [-0.4, -0.2) is 5.60 Å². The lowest BCUT2D eigenvalue weighted by Gasteiger charge is -2.38. The van der Waals surface area contributed by atoms with Gasteiger partial charge in [-0.25, -0.2) is 0 Å². The van der Waals surface area contributed by atoms with Crippen molar-refractivity contribution in [2.75, 3.05) is 0 Å². The van der Waals surface area contributed by atoms with Crippen molar-refractivity contribution in [2.24, 2.45) is 17.8 Å². The van der Waals surface area contributed by atoms with Gasteiger partial charge in [-0.3, -0.25) is 0 Å². The number of halogens is 1. The van der Waals surface area contributed by atoms with Crippen LogP contribution in [0.1, 0.15) is 132 Å². The summed E-state index contributed by atoms with van der Waals surface area (Å²) in [5, 5.41) is 0.881. The standard InChI is InChI=1S/C37H57BrO2/c1-26(2)12-9-13-27(3)14-10-15-28(4)16-11-22-37(8)23-21-34-31(7)35(29(5)30(6)36(34)40-37)39-25-33-19-17-32(24-38)18-20-33/h17-20,26-28H,9-16,21-25H2,1-8H3/t27-,28-,37-/m1/s1. The summed E-state index contributed by atoms with van der Waals surface area (Å²) in [6.45, 7) is 19.1. The normalized spacial score (nSPS) is 18.4. The van der Waals surface area contributed by atoms with Crippen molar-refractivity contribution in [1.82, 2.24) is 0 Å². The second-order valence-electron chi connectivity index (χ2n) is 13.7. The highest BCUT2D eigenvalue weighted by Crippen LogP contribution is 2.45. The number of hydrogen-bond acceptors (Lipinski definition) is 2. The zero-order chi connectivity index (χ0) is 29.3. The highest BCUT2D eigenvalue weighted by molar-refractivity contribution is 9.08. The lowest BCUT2D eigenvalue weighted by atomic mass is 9.83. The van der Waals surface area contributed by atoms with Crippen molar-refractivity contribution >= 4 is 15.9 Å². The van der Waals surface area contributed by atoms with E-state index < -0.39 is 0 Å². The third kappa shape index (κ3) is 9.53. The van der Waals surface area contributed by atoms with Crippen LogP contribution in [0.4, 0.5) is 0 Å². The second kappa shape index (κ2) is 15.7. The Morgan fingerprint density at radius 2 is 1.38 bits per heavy atom. The van der Waals surface area contributed by atoms with Crippen LogP contribution in [0.15, 0.2) is 24.3 Å². The van der Waals surface area contributed by atoms with Gasteiger partial charge in [0.25, 0.3) is 0 Å². The van der Waals surface area contributed by atoms with Gasteiger partial charge in [-0.1, -0.05) is 113 Å². The minimum absolute atomic E-state index is 0.0686. The van der Waals surface area contributed by atoms with E-state index in [0.717, 1.165) is 53.8 Å². The number of benzene rings is 2. The summed E-state index contributed by atoms with van der Waals surface area (Å²) in [5.74, 6) is 4.70. The molecule has 3 heteroatoms. The summed E-state index contributed by atoms with van der Waals surface area (Å²) in [4.78, 5) is 0. The van der Waals surface area contributed by atoms with Crippen molar-refractivity contribution in [3.05, 3.63) is 57.6 Å². The summed E-state index contributed by atoms with van der Waals surface area (Å²) >= 11 is 3.53. The van der Waals surface area contributed by atoms with Crippen molar-refractivity contribution in [1.29, 1.82) is 0 Å². The fourth-order valence-corrected chi connectivity index (χ4v) is 6.73. The molecule has 2 aromatic carbocycles. The fraction of sp³-hybridized carbons (Fsp3) is 0.676. The predicted molar refractivity (Wildman–Crippen MR) is 176 cm³/mol. The average molecular weight is 614 g/mol. The smallest absolute Gasteiger partial charge is 0.127 e. The quantitative estimate of drug-likeness (QED) is 0.175. The largest absolute Gasteiger partial charge is 0.488 e. The molecular weight excluding hydrogens is 556 g/mol. The van der Waals surface area contributed by atoms with Gasteiger partial charge in [0.05, 0.1) is 0 Å². The van der Waals surface area contributed by atoms with Crippen molar-refractivity contribution < 1.29 is 9.47 Å². The van der Waals surface area contributed by atoms with Gasteiger partial charge in [0.2, 0.25) is 0 Å². The third-order valence-corrected chi connectivity index (χ3v) is 10.0. The Kier molecular flexibility index (Phi) is 12.9. The van der Waals surface area contributed by atoms with Gasteiger partial charge < -0.3 is 9.47 Å². The maximum absolute atomic E-state index is 6.84. The zero-order valence-corrected chi connectivity index (χ0v) is 28.5. The van der Waals surface area contributed by atoms with E-state index in [4.69, 9.17) is 9.47 Å². The van der Waals surface area contributed by atoms with Crippen molar-refractivity contribution in [3.63, 3.8) is 0 Å². The molecule has 0 fully saturated rings. The summed E-state index contributed by atoms with van der Waals surface area (Å²) in [6.07, 6.45) is 14.2. The van der Waals surface area contributed by atoms with E-state index in [1.807, 2.05) is 0 Å². The molecule has 224 valence electrons. The van der Waals surface area contributed by atoms with Crippen LogP contribution in [0.2, 0.25) is 0 Å². The zero-order valence-electron chi connectivity index (χ0n) is 26.9. The first kappa shape index (κ1) is 33.0. The second-order valence-corrected chi connectivity index (χ2v) is 14.2. The lowest BCUT2D eigenvalue weighted by Crippen LogP contribution is -2.37. The molecule has 0 saturated heterocycles. The molecule has 2 aromatic rings. The molecule has 0 unspecified atom stereocenters. The Hall–Kier alpha value is -1.48. The van der Waals surface area contributed by atoms with E-state index in [2.05, 4.69) is 95.6 Å².